The number of benzene rings is 2. The minimum Gasteiger partial charge on any atom is -0.356 e. The topological polar surface area (TPSA) is 116 Å². The lowest BCUT2D eigenvalue weighted by Crippen LogP contribution is -2.56. The number of rotatable bonds is 13. The first-order valence-corrected chi connectivity index (χ1v) is 16.4. The van der Waals surface area contributed by atoms with Gasteiger partial charge in [0.1, 0.15) is 12.1 Å². The van der Waals surface area contributed by atoms with Crippen LogP contribution in [-0.4, -0.2) is 48.3 Å². The van der Waals surface area contributed by atoms with Crippen LogP contribution in [0.4, 0.5) is 0 Å². The molecule has 0 radical (unpaired) electrons. The number of nitrogens with one attached hydrogen (secondary N) is 4. The van der Waals surface area contributed by atoms with Gasteiger partial charge in [-0.05, 0) is 78.8 Å². The Labute approximate surface area is 264 Å². The second kappa shape index (κ2) is 15.7. The van der Waals surface area contributed by atoms with Crippen molar-refractivity contribution >= 4 is 45.7 Å². The van der Waals surface area contributed by atoms with Crippen LogP contribution in [0.5, 0.6) is 0 Å². The van der Waals surface area contributed by atoms with E-state index in [0.29, 0.717) is 24.3 Å². The highest BCUT2D eigenvalue weighted by Crippen LogP contribution is 2.22. The maximum absolute atomic E-state index is 14.0. The summed E-state index contributed by atoms with van der Waals surface area (Å²) in [6.45, 7) is 8.42. The largest absolute Gasteiger partial charge is 0.356 e. The Hall–Kier alpha value is -3.98. The zero-order chi connectivity index (χ0) is 31.6. The van der Waals surface area contributed by atoms with Gasteiger partial charge in [0.25, 0.3) is 5.91 Å². The highest BCUT2D eigenvalue weighted by atomic mass is 32.1. The summed E-state index contributed by atoms with van der Waals surface area (Å²) in [4.78, 5) is 53.9. The van der Waals surface area contributed by atoms with E-state index >= 15 is 0 Å². The normalized spacial score (nSPS) is 17.2. The van der Waals surface area contributed by atoms with Crippen LogP contribution < -0.4 is 21.3 Å². The van der Waals surface area contributed by atoms with E-state index in [9.17, 15) is 19.2 Å². The standard InChI is InChI=1S/C35H44N4O4S/c1-5-10-27(20-26-14-9-17-36-32(26)40)37-33(41)29(19-22(2)3)38-34(42)30(39-35(43)31-23(4)16-18-44-31)21-25-13-8-12-24-11-6-7-15-28(24)25/h5-8,10-13,15-16,18,22,26-27,29-30H,9,14,17,19-21H2,1-4H3,(H,36,40)(H,37,41)(H,38,42)(H,39,43)/b10-5+/t26-,27+,29-,30-/m0/s1. The molecule has 9 heteroatoms. The maximum atomic E-state index is 14.0. The molecule has 0 saturated carbocycles. The predicted molar refractivity (Wildman–Crippen MR) is 176 cm³/mol. The predicted octanol–water partition coefficient (Wildman–Crippen LogP) is 5.06. The highest BCUT2D eigenvalue weighted by molar-refractivity contribution is 7.12. The molecular formula is C35H44N4O4S. The summed E-state index contributed by atoms with van der Waals surface area (Å²) < 4.78 is 0. The molecule has 2 aromatic carbocycles. The van der Waals surface area contributed by atoms with E-state index in [-0.39, 0.29) is 42.0 Å². The number of carbonyl (C=O) groups excluding carboxylic acids is 4. The molecule has 0 unspecified atom stereocenters. The van der Waals surface area contributed by atoms with Crippen LogP contribution in [0.15, 0.2) is 66.1 Å². The van der Waals surface area contributed by atoms with Gasteiger partial charge in [-0.25, -0.2) is 0 Å². The number of hydrogen-bond donors (Lipinski definition) is 4. The fraction of sp³-hybridized carbons (Fsp3) is 0.429. The third kappa shape index (κ3) is 8.78. The van der Waals surface area contributed by atoms with Gasteiger partial charge in [-0.3, -0.25) is 19.2 Å². The third-order valence-corrected chi connectivity index (χ3v) is 9.04. The number of allylic oxidation sites excluding steroid dienone is 1. The monoisotopic (exact) mass is 616 g/mol. The van der Waals surface area contributed by atoms with Gasteiger partial charge in [0.05, 0.1) is 4.88 Å². The lowest BCUT2D eigenvalue weighted by molar-refractivity contribution is -0.131. The summed E-state index contributed by atoms with van der Waals surface area (Å²) >= 11 is 1.33. The van der Waals surface area contributed by atoms with Crippen LogP contribution >= 0.6 is 11.3 Å². The first-order valence-electron chi connectivity index (χ1n) is 15.5. The van der Waals surface area contributed by atoms with Crippen molar-refractivity contribution in [3.8, 4) is 0 Å². The third-order valence-electron chi connectivity index (χ3n) is 8.02. The molecule has 4 amide bonds. The van der Waals surface area contributed by atoms with E-state index in [4.69, 9.17) is 0 Å². The summed E-state index contributed by atoms with van der Waals surface area (Å²) in [6, 6.07) is 13.7. The van der Waals surface area contributed by atoms with E-state index in [1.54, 1.807) is 0 Å². The molecule has 1 aliphatic rings. The Balaban J connectivity index is 1.55. The molecule has 44 heavy (non-hydrogen) atoms. The van der Waals surface area contributed by atoms with Crippen molar-refractivity contribution in [2.75, 3.05) is 6.54 Å². The van der Waals surface area contributed by atoms with Gasteiger partial charge in [0.2, 0.25) is 17.7 Å². The fourth-order valence-corrected chi connectivity index (χ4v) is 6.60. The van der Waals surface area contributed by atoms with Crippen LogP contribution in [0.1, 0.15) is 67.3 Å². The molecule has 234 valence electrons. The van der Waals surface area contributed by atoms with Crippen molar-refractivity contribution in [1.29, 1.82) is 0 Å². The molecule has 0 spiro atoms. The summed E-state index contributed by atoms with van der Waals surface area (Å²) in [5, 5.41) is 15.8. The molecule has 3 aromatic rings. The van der Waals surface area contributed by atoms with Gasteiger partial charge in [0, 0.05) is 24.9 Å². The molecule has 1 fully saturated rings. The lowest BCUT2D eigenvalue weighted by Gasteiger charge is -2.28. The number of thiophene rings is 1. The number of hydrogen-bond acceptors (Lipinski definition) is 5. The average molecular weight is 617 g/mol. The van der Waals surface area contributed by atoms with E-state index in [0.717, 1.165) is 34.7 Å². The Morgan fingerprint density at radius 3 is 2.45 bits per heavy atom. The number of piperidine rings is 1. The van der Waals surface area contributed by atoms with E-state index in [2.05, 4.69) is 21.3 Å². The number of carbonyl (C=O) groups is 4. The van der Waals surface area contributed by atoms with E-state index < -0.39 is 18.0 Å². The smallest absolute Gasteiger partial charge is 0.262 e. The zero-order valence-corrected chi connectivity index (χ0v) is 26.8. The molecule has 1 aliphatic heterocycles. The van der Waals surface area contributed by atoms with Crippen molar-refractivity contribution in [1.82, 2.24) is 21.3 Å². The number of aryl methyl sites for hydroxylation is 1. The molecule has 8 nitrogen and oxygen atoms in total. The molecule has 4 atom stereocenters. The second-order valence-corrected chi connectivity index (χ2v) is 12.9. The van der Waals surface area contributed by atoms with Crippen LogP contribution in [0.2, 0.25) is 0 Å². The zero-order valence-electron chi connectivity index (χ0n) is 26.0. The number of amides is 4. The summed E-state index contributed by atoms with van der Waals surface area (Å²) in [7, 11) is 0. The minimum absolute atomic E-state index is 0.0139. The Morgan fingerprint density at radius 1 is 1.00 bits per heavy atom. The Kier molecular flexibility index (Phi) is 11.7. The molecule has 0 bridgehead atoms. The quantitative estimate of drug-likeness (QED) is 0.201. The lowest BCUT2D eigenvalue weighted by atomic mass is 9.91. The van der Waals surface area contributed by atoms with Crippen LogP contribution in [0.25, 0.3) is 10.8 Å². The first-order chi connectivity index (χ1) is 21.2. The second-order valence-electron chi connectivity index (χ2n) is 12.0. The van der Waals surface area contributed by atoms with Crippen molar-refractivity contribution in [2.24, 2.45) is 11.8 Å². The number of fused-ring (bicyclic) bond motifs is 1. The first kappa shape index (κ1) is 32.9. The van der Waals surface area contributed by atoms with Gasteiger partial charge in [0.15, 0.2) is 0 Å². The van der Waals surface area contributed by atoms with Gasteiger partial charge < -0.3 is 21.3 Å². The van der Waals surface area contributed by atoms with Gasteiger partial charge in [-0.2, -0.15) is 0 Å². The van der Waals surface area contributed by atoms with Crippen molar-refractivity contribution in [3.63, 3.8) is 0 Å². The maximum Gasteiger partial charge on any atom is 0.262 e. The van der Waals surface area contributed by atoms with Crippen LogP contribution in [-0.2, 0) is 20.8 Å². The van der Waals surface area contributed by atoms with Crippen LogP contribution in [0, 0.1) is 18.8 Å². The Bertz CT molecular complexity index is 1490. The molecule has 0 aliphatic carbocycles. The summed E-state index contributed by atoms with van der Waals surface area (Å²) in [5.41, 5.74) is 1.77. The molecule has 4 N–H and O–H groups in total. The molecule has 4 rings (SSSR count). The van der Waals surface area contributed by atoms with Gasteiger partial charge in [-0.1, -0.05) is 68.5 Å². The fourth-order valence-electron chi connectivity index (χ4n) is 5.77. The molecular weight excluding hydrogens is 572 g/mol. The van der Waals surface area contributed by atoms with Crippen molar-refractivity contribution in [2.45, 2.75) is 77.9 Å². The van der Waals surface area contributed by atoms with Gasteiger partial charge in [-0.15, -0.1) is 11.3 Å². The summed E-state index contributed by atoms with van der Waals surface area (Å²) in [5.74, 6) is -1.09. The van der Waals surface area contributed by atoms with E-state index in [1.807, 2.05) is 93.8 Å². The molecule has 1 saturated heterocycles. The molecule has 2 heterocycles. The van der Waals surface area contributed by atoms with Gasteiger partial charge >= 0.3 is 0 Å². The highest BCUT2D eigenvalue weighted by Gasteiger charge is 2.31. The minimum atomic E-state index is -0.908. The van der Waals surface area contributed by atoms with Crippen molar-refractivity contribution in [3.05, 3.63) is 82.1 Å². The molecule has 1 aromatic heterocycles. The van der Waals surface area contributed by atoms with E-state index in [1.165, 1.54) is 11.3 Å². The average Bonchev–Trinajstić information content (AvgIpc) is 3.43. The van der Waals surface area contributed by atoms with Crippen molar-refractivity contribution < 1.29 is 19.2 Å². The SMILES string of the molecule is C/C=C/[C@H](C[C@@H]1CCCNC1=O)NC(=O)[C@H](CC(C)C)NC(=O)[C@H](Cc1cccc2ccccc12)NC(=O)c1sccc1C. The van der Waals surface area contributed by atoms with Crippen LogP contribution in [0.3, 0.4) is 0 Å². The Morgan fingerprint density at radius 2 is 1.75 bits per heavy atom. The summed E-state index contributed by atoms with van der Waals surface area (Å²) in [6.07, 6.45) is 6.62.